The van der Waals surface area contributed by atoms with E-state index in [1.807, 2.05) is 18.7 Å². The van der Waals surface area contributed by atoms with E-state index >= 15 is 0 Å². The maximum absolute atomic E-state index is 9.17. The summed E-state index contributed by atoms with van der Waals surface area (Å²) >= 11 is 6.75. The van der Waals surface area contributed by atoms with Crippen LogP contribution in [0.2, 0.25) is 0 Å². The molecule has 0 aromatic heterocycles. The highest BCUT2D eigenvalue weighted by Gasteiger charge is 2.07. The zero-order chi connectivity index (χ0) is 17.7. The molecule has 122 valence electrons. The van der Waals surface area contributed by atoms with E-state index in [9.17, 15) is 0 Å². The van der Waals surface area contributed by atoms with E-state index in [-0.39, 0.29) is 4.99 Å². The fourth-order valence-electron chi connectivity index (χ4n) is 2.42. The van der Waals surface area contributed by atoms with Gasteiger partial charge in [-0.15, -0.1) is 11.8 Å². The molecule has 4 heteroatoms. The molecule has 24 heavy (non-hydrogen) atoms. The Hall–Kier alpha value is -2.09. The maximum atomic E-state index is 9.17. The highest BCUT2D eigenvalue weighted by molar-refractivity contribution is 7.98. The molecule has 0 amide bonds. The summed E-state index contributed by atoms with van der Waals surface area (Å²) in [5.41, 5.74) is 11.8. The van der Waals surface area contributed by atoms with E-state index in [0.29, 0.717) is 5.57 Å². The highest BCUT2D eigenvalue weighted by Crippen LogP contribution is 2.28. The molecule has 0 heterocycles. The van der Waals surface area contributed by atoms with E-state index < -0.39 is 0 Å². The minimum atomic E-state index is 0.133. The molecule has 2 rings (SSSR count). The molecule has 0 bridgehead atoms. The molecule has 0 aliphatic heterocycles. The number of hydrogen-bond donors (Lipinski definition) is 1. The molecule has 0 saturated carbocycles. The van der Waals surface area contributed by atoms with Crippen LogP contribution < -0.4 is 5.73 Å². The Balaban J connectivity index is 2.32. The average Bonchev–Trinajstić information content (AvgIpc) is 2.54. The Morgan fingerprint density at radius 3 is 2.50 bits per heavy atom. The number of thiocarbonyl (C=S) groups is 1. The fraction of sp³-hybridized carbons (Fsp3) is 0.200. The lowest BCUT2D eigenvalue weighted by molar-refractivity contribution is 1.25. The monoisotopic (exact) mass is 352 g/mol. The van der Waals surface area contributed by atoms with Gasteiger partial charge in [0.1, 0.15) is 11.1 Å². The molecule has 0 saturated heterocycles. The number of hydrogen-bond acceptors (Lipinski definition) is 3. The van der Waals surface area contributed by atoms with Gasteiger partial charge in [0.05, 0.1) is 5.57 Å². The van der Waals surface area contributed by atoms with Crippen LogP contribution in [0.15, 0.2) is 46.9 Å². The summed E-state index contributed by atoms with van der Waals surface area (Å²) in [6.07, 6.45) is 1.78. The summed E-state index contributed by atoms with van der Waals surface area (Å²) in [7, 11) is 0. The lowest BCUT2D eigenvalue weighted by Gasteiger charge is -2.11. The first kappa shape index (κ1) is 18.3. The third-order valence-corrected chi connectivity index (χ3v) is 5.33. The second-order valence-corrected chi connectivity index (χ2v) is 7.18. The van der Waals surface area contributed by atoms with E-state index in [1.165, 1.54) is 21.6 Å². The Kier molecular flexibility index (Phi) is 6.19. The smallest absolute Gasteiger partial charge is 0.114 e. The molecule has 0 spiro atoms. The lowest BCUT2D eigenvalue weighted by atomic mass is 9.99. The van der Waals surface area contributed by atoms with Gasteiger partial charge in [0.15, 0.2) is 0 Å². The third-order valence-electron chi connectivity index (χ3n) is 3.89. The van der Waals surface area contributed by atoms with Crippen molar-refractivity contribution >= 4 is 35.0 Å². The van der Waals surface area contributed by atoms with E-state index in [2.05, 4.69) is 56.3 Å². The van der Waals surface area contributed by atoms with Crippen LogP contribution in [-0.4, -0.2) is 4.99 Å². The SMILES string of the molecule is Cc1cc(C)c(CSc2ccccc2C)cc1/C=C(/C#N)C(N)=S. The van der Waals surface area contributed by atoms with Crippen LogP contribution in [-0.2, 0) is 5.75 Å². The van der Waals surface area contributed by atoms with Crippen molar-refractivity contribution < 1.29 is 0 Å². The van der Waals surface area contributed by atoms with E-state index in [1.54, 1.807) is 6.08 Å². The van der Waals surface area contributed by atoms with Gasteiger partial charge in [-0.3, -0.25) is 0 Å². The summed E-state index contributed by atoms with van der Waals surface area (Å²) in [5.74, 6) is 0.882. The number of nitrogens with zero attached hydrogens (tertiary/aromatic N) is 1. The summed E-state index contributed by atoms with van der Waals surface area (Å²) in [4.78, 5) is 1.42. The van der Waals surface area contributed by atoms with Gasteiger partial charge in [-0.1, -0.05) is 42.5 Å². The van der Waals surface area contributed by atoms with Gasteiger partial charge in [0, 0.05) is 10.6 Å². The Morgan fingerprint density at radius 2 is 1.88 bits per heavy atom. The largest absolute Gasteiger partial charge is 0.389 e. The summed E-state index contributed by atoms with van der Waals surface area (Å²) < 4.78 is 0. The first-order chi connectivity index (χ1) is 11.4. The fourth-order valence-corrected chi connectivity index (χ4v) is 3.61. The van der Waals surface area contributed by atoms with Crippen LogP contribution in [0.25, 0.3) is 6.08 Å². The molecule has 0 unspecified atom stereocenters. The summed E-state index contributed by atoms with van der Waals surface area (Å²) in [6, 6.07) is 14.7. The van der Waals surface area contributed by atoms with Crippen molar-refractivity contribution in [1.29, 1.82) is 5.26 Å². The standard InChI is InChI=1S/C20H20N2S2/c1-13-6-4-5-7-19(13)24-12-18-10-16(14(2)8-15(18)3)9-17(11-21)20(22)23/h4-10H,12H2,1-3H3,(H2,22,23)/b17-9-. The van der Waals surface area contributed by atoms with Crippen molar-refractivity contribution in [2.24, 2.45) is 5.73 Å². The zero-order valence-electron chi connectivity index (χ0n) is 14.1. The molecule has 0 atom stereocenters. The molecule has 2 aromatic rings. The predicted molar refractivity (Wildman–Crippen MR) is 107 cm³/mol. The molecule has 2 nitrogen and oxygen atoms in total. The Labute approximate surface area is 153 Å². The Bertz CT molecular complexity index is 845. The van der Waals surface area contributed by atoms with Gasteiger partial charge in [-0.2, -0.15) is 5.26 Å². The van der Waals surface area contributed by atoms with Gasteiger partial charge in [-0.25, -0.2) is 0 Å². The zero-order valence-corrected chi connectivity index (χ0v) is 15.7. The molecule has 2 aromatic carbocycles. The van der Waals surface area contributed by atoms with Gasteiger partial charge < -0.3 is 5.73 Å². The third kappa shape index (κ3) is 4.47. The highest BCUT2D eigenvalue weighted by atomic mass is 32.2. The Morgan fingerprint density at radius 1 is 1.17 bits per heavy atom. The van der Waals surface area contributed by atoms with Gasteiger partial charge in [-0.05, 0) is 60.7 Å². The second kappa shape index (κ2) is 8.14. The maximum Gasteiger partial charge on any atom is 0.114 e. The first-order valence-corrected chi connectivity index (χ1v) is 9.02. The molecular formula is C20H20N2S2. The van der Waals surface area contributed by atoms with Crippen LogP contribution in [0.1, 0.15) is 27.8 Å². The predicted octanol–water partition coefficient (Wildman–Crippen LogP) is 5.10. The molecule has 2 N–H and O–H groups in total. The molecule has 0 aliphatic rings. The van der Waals surface area contributed by atoms with E-state index in [4.69, 9.17) is 23.2 Å². The number of rotatable bonds is 5. The molecular weight excluding hydrogens is 332 g/mol. The minimum absolute atomic E-state index is 0.133. The number of thioether (sulfide) groups is 1. The van der Waals surface area contributed by atoms with Crippen LogP contribution in [0.3, 0.4) is 0 Å². The van der Waals surface area contributed by atoms with Crippen molar-refractivity contribution in [2.45, 2.75) is 31.4 Å². The normalized spacial score (nSPS) is 11.2. The number of aryl methyl sites for hydroxylation is 3. The van der Waals surface area contributed by atoms with Crippen molar-refractivity contribution in [2.75, 3.05) is 0 Å². The van der Waals surface area contributed by atoms with Crippen LogP contribution in [0, 0.1) is 32.1 Å². The second-order valence-electron chi connectivity index (χ2n) is 5.72. The number of nitriles is 1. The minimum Gasteiger partial charge on any atom is -0.389 e. The van der Waals surface area contributed by atoms with Crippen molar-refractivity contribution in [3.63, 3.8) is 0 Å². The summed E-state index contributed by atoms with van der Waals surface area (Å²) in [6.45, 7) is 6.28. The van der Waals surface area contributed by atoms with Crippen molar-refractivity contribution in [3.05, 3.63) is 69.8 Å². The molecule has 0 aliphatic carbocycles. The average molecular weight is 353 g/mol. The van der Waals surface area contributed by atoms with E-state index in [0.717, 1.165) is 16.9 Å². The quantitative estimate of drug-likeness (QED) is 0.352. The lowest BCUT2D eigenvalue weighted by Crippen LogP contribution is -2.09. The van der Waals surface area contributed by atoms with Crippen LogP contribution in [0.5, 0.6) is 0 Å². The van der Waals surface area contributed by atoms with Crippen LogP contribution in [0.4, 0.5) is 0 Å². The first-order valence-electron chi connectivity index (χ1n) is 7.62. The topological polar surface area (TPSA) is 49.8 Å². The number of benzene rings is 2. The van der Waals surface area contributed by atoms with Crippen LogP contribution >= 0.6 is 24.0 Å². The van der Waals surface area contributed by atoms with Gasteiger partial charge >= 0.3 is 0 Å². The van der Waals surface area contributed by atoms with Gasteiger partial charge in [0.2, 0.25) is 0 Å². The van der Waals surface area contributed by atoms with Gasteiger partial charge in [0.25, 0.3) is 0 Å². The number of nitrogens with two attached hydrogens (primary N) is 1. The molecule has 0 radical (unpaired) electrons. The van der Waals surface area contributed by atoms with Crippen molar-refractivity contribution in [3.8, 4) is 6.07 Å². The van der Waals surface area contributed by atoms with Crippen molar-refractivity contribution in [1.82, 2.24) is 0 Å². The molecule has 0 fully saturated rings. The summed E-state index contributed by atoms with van der Waals surface area (Å²) in [5, 5.41) is 9.17.